The van der Waals surface area contributed by atoms with Gasteiger partial charge >= 0.3 is 0 Å². The average Bonchev–Trinajstić information content (AvgIpc) is 3.24. The lowest BCUT2D eigenvalue weighted by molar-refractivity contribution is -0.133. The van der Waals surface area contributed by atoms with E-state index in [0.29, 0.717) is 12.3 Å². The summed E-state index contributed by atoms with van der Waals surface area (Å²) in [5.41, 5.74) is 0.724. The van der Waals surface area contributed by atoms with E-state index in [-0.39, 0.29) is 22.7 Å². The van der Waals surface area contributed by atoms with E-state index in [2.05, 4.69) is 9.88 Å². The molecule has 3 rings (SSSR count). The minimum absolute atomic E-state index is 0.157. The van der Waals surface area contributed by atoms with Gasteiger partial charge in [-0.1, -0.05) is 11.2 Å². The van der Waals surface area contributed by atoms with Crippen molar-refractivity contribution in [1.82, 2.24) is 14.8 Å². The number of hydrogen-bond donors (Lipinski definition) is 1. The van der Waals surface area contributed by atoms with Crippen molar-refractivity contribution in [3.05, 3.63) is 35.0 Å². The van der Waals surface area contributed by atoms with Gasteiger partial charge in [-0.05, 0) is 37.6 Å². The minimum atomic E-state index is -3.64. The van der Waals surface area contributed by atoms with Crippen molar-refractivity contribution in [2.24, 2.45) is 0 Å². The summed E-state index contributed by atoms with van der Waals surface area (Å²) in [5.74, 6) is 0.446. The predicted molar refractivity (Wildman–Crippen MR) is 89.1 cm³/mol. The number of piperidine rings is 1. The maximum absolute atomic E-state index is 12.5. The molecular weight excluding hydrogens is 350 g/mol. The number of aromatic nitrogens is 1. The Morgan fingerprint density at radius 1 is 1.50 bits per heavy atom. The van der Waals surface area contributed by atoms with E-state index >= 15 is 0 Å². The van der Waals surface area contributed by atoms with E-state index in [0.717, 1.165) is 36.3 Å². The molecule has 1 atom stereocenters. The molecule has 1 unspecified atom stereocenters. The van der Waals surface area contributed by atoms with Crippen LogP contribution in [0.3, 0.4) is 0 Å². The zero-order valence-electron chi connectivity index (χ0n) is 13.3. The Morgan fingerprint density at radius 2 is 2.33 bits per heavy atom. The maximum Gasteiger partial charge on any atom is 0.250 e. The summed E-state index contributed by atoms with van der Waals surface area (Å²) in [6.45, 7) is 2.14. The Labute approximate surface area is 144 Å². The van der Waals surface area contributed by atoms with Gasteiger partial charge < -0.3 is 9.42 Å². The summed E-state index contributed by atoms with van der Waals surface area (Å²) in [6, 6.07) is 4.84. The second-order valence-corrected chi connectivity index (χ2v) is 8.66. The largest absolute Gasteiger partial charge is 0.361 e. The van der Waals surface area contributed by atoms with Crippen molar-refractivity contribution in [3.8, 4) is 0 Å². The first-order valence-electron chi connectivity index (χ1n) is 7.73. The Morgan fingerprint density at radius 3 is 3.00 bits per heavy atom. The standard InChI is InChI=1S/C15H19N3O4S2/c1-11-9-12(17-22-11)13-5-2-3-7-18(13)14(19)10-16-24(20,21)15-6-4-8-23-15/h4,6,8-9,13,16H,2-3,5,7,10H2,1H3. The van der Waals surface area contributed by atoms with Crippen molar-refractivity contribution in [3.63, 3.8) is 0 Å². The summed E-state index contributed by atoms with van der Waals surface area (Å²) < 4.78 is 32.0. The molecule has 9 heteroatoms. The topological polar surface area (TPSA) is 92.5 Å². The number of carbonyl (C=O) groups excluding carboxylic acids is 1. The molecule has 7 nitrogen and oxygen atoms in total. The maximum atomic E-state index is 12.5. The van der Waals surface area contributed by atoms with Gasteiger partial charge in [0, 0.05) is 12.6 Å². The normalized spacial score (nSPS) is 18.7. The monoisotopic (exact) mass is 369 g/mol. The molecule has 1 fully saturated rings. The molecule has 0 spiro atoms. The van der Waals surface area contributed by atoms with Gasteiger partial charge in [-0.2, -0.15) is 0 Å². The molecule has 0 aromatic carbocycles. The fraction of sp³-hybridized carbons (Fsp3) is 0.467. The van der Waals surface area contributed by atoms with Crippen LogP contribution in [0.5, 0.6) is 0 Å². The van der Waals surface area contributed by atoms with Crippen LogP contribution in [-0.4, -0.2) is 37.5 Å². The van der Waals surface area contributed by atoms with Gasteiger partial charge in [0.2, 0.25) is 5.91 Å². The number of nitrogens with zero attached hydrogens (tertiary/aromatic N) is 2. The first kappa shape index (κ1) is 17.1. The highest BCUT2D eigenvalue weighted by Gasteiger charge is 2.30. The smallest absolute Gasteiger partial charge is 0.250 e. The van der Waals surface area contributed by atoms with Crippen LogP contribution >= 0.6 is 11.3 Å². The second kappa shape index (κ2) is 7.04. The Balaban J connectivity index is 1.68. The Kier molecular flexibility index (Phi) is 5.02. The number of nitrogens with one attached hydrogen (secondary N) is 1. The molecule has 1 amide bonds. The molecular formula is C15H19N3O4S2. The molecule has 1 aliphatic heterocycles. The van der Waals surface area contributed by atoms with E-state index in [1.165, 1.54) is 6.07 Å². The van der Waals surface area contributed by atoms with Crippen molar-refractivity contribution in [2.75, 3.05) is 13.1 Å². The zero-order valence-corrected chi connectivity index (χ0v) is 14.9. The highest BCUT2D eigenvalue weighted by Crippen LogP contribution is 2.30. The molecule has 1 saturated heterocycles. The molecule has 3 heterocycles. The Bertz CT molecular complexity index is 799. The van der Waals surface area contributed by atoms with Gasteiger partial charge in [-0.15, -0.1) is 11.3 Å². The third-order valence-electron chi connectivity index (χ3n) is 3.98. The van der Waals surface area contributed by atoms with Gasteiger partial charge in [0.1, 0.15) is 15.7 Å². The number of amides is 1. The number of carbonyl (C=O) groups is 1. The van der Waals surface area contributed by atoms with Gasteiger partial charge in [0.15, 0.2) is 0 Å². The average molecular weight is 369 g/mol. The van der Waals surface area contributed by atoms with Crippen LogP contribution in [0.25, 0.3) is 0 Å². The van der Waals surface area contributed by atoms with Crippen LogP contribution < -0.4 is 4.72 Å². The van der Waals surface area contributed by atoms with E-state index < -0.39 is 10.0 Å². The molecule has 2 aromatic rings. The van der Waals surface area contributed by atoms with Gasteiger partial charge in [0.05, 0.1) is 12.6 Å². The van der Waals surface area contributed by atoms with Crippen LogP contribution in [-0.2, 0) is 14.8 Å². The van der Waals surface area contributed by atoms with Crippen molar-refractivity contribution in [1.29, 1.82) is 0 Å². The predicted octanol–water partition coefficient (Wildman–Crippen LogP) is 2.08. The highest BCUT2D eigenvalue weighted by molar-refractivity contribution is 7.91. The van der Waals surface area contributed by atoms with E-state index in [1.807, 2.05) is 6.07 Å². The summed E-state index contributed by atoms with van der Waals surface area (Å²) in [4.78, 5) is 14.2. The summed E-state index contributed by atoms with van der Waals surface area (Å²) in [6.07, 6.45) is 2.70. The lowest BCUT2D eigenvalue weighted by Crippen LogP contribution is -2.44. The molecule has 24 heavy (non-hydrogen) atoms. The SMILES string of the molecule is Cc1cc(C2CCCCN2C(=O)CNS(=O)(=O)c2cccs2)no1. The molecule has 130 valence electrons. The number of thiophene rings is 1. The number of rotatable bonds is 5. The second-order valence-electron chi connectivity index (χ2n) is 5.72. The number of likely N-dealkylation sites (tertiary alicyclic amines) is 1. The van der Waals surface area contributed by atoms with Crippen LogP contribution in [0.4, 0.5) is 0 Å². The van der Waals surface area contributed by atoms with Crippen LogP contribution in [0, 0.1) is 6.92 Å². The molecule has 1 N–H and O–H groups in total. The lowest BCUT2D eigenvalue weighted by Gasteiger charge is -2.34. The molecule has 1 aliphatic rings. The Hall–Kier alpha value is -1.71. The van der Waals surface area contributed by atoms with Crippen LogP contribution in [0.2, 0.25) is 0 Å². The first-order valence-corrected chi connectivity index (χ1v) is 10.1. The van der Waals surface area contributed by atoms with E-state index in [4.69, 9.17) is 4.52 Å². The third-order valence-corrected chi connectivity index (χ3v) is 6.78. The zero-order chi connectivity index (χ0) is 17.2. The highest BCUT2D eigenvalue weighted by atomic mass is 32.2. The number of hydrogen-bond acceptors (Lipinski definition) is 6. The van der Waals surface area contributed by atoms with E-state index in [9.17, 15) is 13.2 Å². The molecule has 0 aliphatic carbocycles. The molecule has 0 bridgehead atoms. The first-order chi connectivity index (χ1) is 11.5. The van der Waals surface area contributed by atoms with Gasteiger partial charge in [0.25, 0.3) is 10.0 Å². The lowest BCUT2D eigenvalue weighted by atomic mass is 9.99. The van der Waals surface area contributed by atoms with Crippen molar-refractivity contribution < 1.29 is 17.7 Å². The van der Waals surface area contributed by atoms with Crippen LogP contribution in [0.1, 0.15) is 36.8 Å². The number of aryl methyl sites for hydroxylation is 1. The van der Waals surface area contributed by atoms with Crippen molar-refractivity contribution in [2.45, 2.75) is 36.4 Å². The summed E-state index contributed by atoms with van der Waals surface area (Å²) in [7, 11) is -3.64. The van der Waals surface area contributed by atoms with E-state index in [1.54, 1.807) is 23.3 Å². The fourth-order valence-corrected chi connectivity index (χ4v) is 4.84. The molecule has 0 saturated carbocycles. The molecule has 2 aromatic heterocycles. The molecule has 0 radical (unpaired) electrons. The van der Waals surface area contributed by atoms with Crippen molar-refractivity contribution >= 4 is 27.3 Å². The van der Waals surface area contributed by atoms with Crippen LogP contribution in [0.15, 0.2) is 32.3 Å². The summed E-state index contributed by atoms with van der Waals surface area (Å²) in [5, 5.41) is 5.70. The quantitative estimate of drug-likeness (QED) is 0.871. The van der Waals surface area contributed by atoms with Gasteiger partial charge in [-0.25, -0.2) is 13.1 Å². The van der Waals surface area contributed by atoms with Gasteiger partial charge in [-0.3, -0.25) is 4.79 Å². The fourth-order valence-electron chi connectivity index (χ4n) is 2.83. The summed E-state index contributed by atoms with van der Waals surface area (Å²) >= 11 is 1.12. The minimum Gasteiger partial charge on any atom is -0.361 e. The third kappa shape index (κ3) is 3.68. The number of sulfonamides is 1.